The van der Waals surface area contributed by atoms with Crippen LogP contribution in [0.25, 0.3) is 0 Å². The van der Waals surface area contributed by atoms with Crippen molar-refractivity contribution in [2.75, 3.05) is 0 Å². The van der Waals surface area contributed by atoms with Crippen molar-refractivity contribution in [3.63, 3.8) is 0 Å². The van der Waals surface area contributed by atoms with E-state index in [0.717, 1.165) is 12.1 Å². The zero-order valence-corrected chi connectivity index (χ0v) is 8.26. The second kappa shape index (κ2) is 3.27. The molecule has 0 amide bonds. The molecular weight excluding hydrogens is 150 g/mol. The van der Waals surface area contributed by atoms with E-state index >= 15 is 0 Å². The van der Waals surface area contributed by atoms with Crippen LogP contribution in [0.5, 0.6) is 0 Å². The molecule has 3 nitrogen and oxygen atoms in total. The molecule has 0 spiro atoms. The first-order valence-electron chi connectivity index (χ1n) is 4.27. The Morgan fingerprint density at radius 1 is 1.50 bits per heavy atom. The Morgan fingerprint density at radius 3 is 2.42 bits per heavy atom. The summed E-state index contributed by atoms with van der Waals surface area (Å²) in [4.78, 5) is 0. The lowest BCUT2D eigenvalue weighted by Gasteiger charge is -2.04. The van der Waals surface area contributed by atoms with E-state index in [2.05, 4.69) is 12.0 Å². The number of aryl methyl sites for hydroxylation is 2. The molecule has 1 rings (SSSR count). The van der Waals surface area contributed by atoms with Gasteiger partial charge in [-0.25, -0.2) is 0 Å². The topological polar surface area (TPSA) is 43.8 Å². The Labute approximate surface area is 73.6 Å². The lowest BCUT2D eigenvalue weighted by molar-refractivity contribution is 0.717. The zero-order valence-electron chi connectivity index (χ0n) is 8.26. The molecule has 3 heteroatoms. The maximum atomic E-state index is 5.73. The van der Waals surface area contributed by atoms with Crippen LogP contribution in [-0.2, 0) is 13.5 Å². The lowest BCUT2D eigenvalue weighted by Crippen LogP contribution is -2.18. The van der Waals surface area contributed by atoms with Gasteiger partial charge in [-0.05, 0) is 32.8 Å². The molecule has 1 aromatic heterocycles. The third-order valence-electron chi connectivity index (χ3n) is 2.18. The molecule has 0 aliphatic rings. The first-order valence-corrected chi connectivity index (χ1v) is 4.27. The minimum atomic E-state index is 0.214. The molecule has 0 bridgehead atoms. The summed E-state index contributed by atoms with van der Waals surface area (Å²) >= 11 is 0. The van der Waals surface area contributed by atoms with Crippen LogP contribution in [0.15, 0.2) is 0 Å². The number of aromatic nitrogens is 2. The molecule has 1 aromatic rings. The summed E-state index contributed by atoms with van der Waals surface area (Å²) in [5.41, 5.74) is 9.36. The van der Waals surface area contributed by atoms with E-state index in [0.29, 0.717) is 0 Å². The first kappa shape index (κ1) is 9.26. The van der Waals surface area contributed by atoms with Crippen molar-refractivity contribution < 1.29 is 0 Å². The molecule has 1 heterocycles. The normalized spacial score (nSPS) is 13.4. The second-order valence-corrected chi connectivity index (χ2v) is 3.45. The van der Waals surface area contributed by atoms with E-state index in [1.807, 2.05) is 25.6 Å². The summed E-state index contributed by atoms with van der Waals surface area (Å²) in [6.45, 7) is 6.13. The Morgan fingerprint density at radius 2 is 2.08 bits per heavy atom. The average Bonchev–Trinajstić information content (AvgIpc) is 2.16. The fourth-order valence-corrected chi connectivity index (χ4v) is 1.43. The van der Waals surface area contributed by atoms with Crippen molar-refractivity contribution >= 4 is 0 Å². The second-order valence-electron chi connectivity index (χ2n) is 3.45. The van der Waals surface area contributed by atoms with Gasteiger partial charge in [-0.3, -0.25) is 4.68 Å². The third kappa shape index (κ3) is 1.67. The van der Waals surface area contributed by atoms with Crippen molar-refractivity contribution in [3.8, 4) is 0 Å². The van der Waals surface area contributed by atoms with Gasteiger partial charge in [0.2, 0.25) is 0 Å². The minimum absolute atomic E-state index is 0.214. The fourth-order valence-electron chi connectivity index (χ4n) is 1.43. The summed E-state index contributed by atoms with van der Waals surface area (Å²) < 4.78 is 1.91. The first-order chi connectivity index (χ1) is 5.52. The van der Waals surface area contributed by atoms with Crippen LogP contribution in [0, 0.1) is 13.8 Å². The van der Waals surface area contributed by atoms with Crippen molar-refractivity contribution in [2.24, 2.45) is 12.8 Å². The van der Waals surface area contributed by atoms with E-state index in [1.54, 1.807) is 0 Å². The molecule has 68 valence electrons. The molecule has 0 aromatic carbocycles. The van der Waals surface area contributed by atoms with Gasteiger partial charge in [-0.1, -0.05) is 0 Å². The summed E-state index contributed by atoms with van der Waals surface area (Å²) in [7, 11) is 1.97. The predicted octanol–water partition coefficient (Wildman–Crippen LogP) is 0.927. The molecule has 1 atom stereocenters. The Hall–Kier alpha value is -0.830. The molecule has 0 unspecified atom stereocenters. The number of hydrogen-bond donors (Lipinski definition) is 1. The van der Waals surface area contributed by atoms with Gasteiger partial charge in [0.05, 0.1) is 5.69 Å². The predicted molar refractivity (Wildman–Crippen MR) is 50.0 cm³/mol. The number of rotatable bonds is 2. The Bertz CT molecular complexity index is 274. The third-order valence-corrected chi connectivity index (χ3v) is 2.18. The Balaban J connectivity index is 2.97. The van der Waals surface area contributed by atoms with Gasteiger partial charge in [-0.2, -0.15) is 5.10 Å². The number of hydrogen-bond acceptors (Lipinski definition) is 2. The maximum Gasteiger partial charge on any atom is 0.0628 e. The van der Waals surface area contributed by atoms with Crippen LogP contribution in [0.3, 0.4) is 0 Å². The van der Waals surface area contributed by atoms with Crippen molar-refractivity contribution in [1.29, 1.82) is 0 Å². The van der Waals surface area contributed by atoms with E-state index in [-0.39, 0.29) is 6.04 Å². The van der Waals surface area contributed by atoms with Crippen LogP contribution in [-0.4, -0.2) is 15.8 Å². The lowest BCUT2D eigenvalue weighted by atomic mass is 10.1. The van der Waals surface area contributed by atoms with Crippen LogP contribution >= 0.6 is 0 Å². The molecule has 0 fully saturated rings. The monoisotopic (exact) mass is 167 g/mol. The van der Waals surface area contributed by atoms with E-state index < -0.39 is 0 Å². The molecule has 0 radical (unpaired) electrons. The van der Waals surface area contributed by atoms with Gasteiger partial charge in [-0.15, -0.1) is 0 Å². The van der Waals surface area contributed by atoms with Crippen molar-refractivity contribution in [1.82, 2.24) is 9.78 Å². The standard InChI is InChI=1S/C9H17N3/c1-6(10)5-9-7(2)11-12(4)8(9)3/h6H,5,10H2,1-4H3/t6-/m0/s1. The molecular formula is C9H17N3. The summed E-state index contributed by atoms with van der Waals surface area (Å²) in [5.74, 6) is 0. The van der Waals surface area contributed by atoms with Crippen molar-refractivity contribution in [3.05, 3.63) is 17.0 Å². The van der Waals surface area contributed by atoms with Crippen molar-refractivity contribution in [2.45, 2.75) is 33.2 Å². The van der Waals surface area contributed by atoms with Gasteiger partial charge in [0.1, 0.15) is 0 Å². The maximum absolute atomic E-state index is 5.73. The highest BCUT2D eigenvalue weighted by Crippen LogP contribution is 2.13. The van der Waals surface area contributed by atoms with E-state index in [4.69, 9.17) is 5.73 Å². The van der Waals surface area contributed by atoms with Gasteiger partial charge in [0, 0.05) is 18.8 Å². The fraction of sp³-hybridized carbons (Fsp3) is 0.667. The highest BCUT2D eigenvalue weighted by molar-refractivity contribution is 5.25. The molecule has 0 aliphatic heterocycles. The number of nitrogens with zero attached hydrogens (tertiary/aromatic N) is 2. The SMILES string of the molecule is Cc1nn(C)c(C)c1C[C@H](C)N. The summed E-state index contributed by atoms with van der Waals surface area (Å²) in [5, 5.41) is 4.32. The van der Waals surface area contributed by atoms with E-state index in [1.165, 1.54) is 11.3 Å². The van der Waals surface area contributed by atoms with Gasteiger partial charge >= 0.3 is 0 Å². The Kier molecular flexibility index (Phi) is 2.52. The molecule has 0 saturated carbocycles. The highest BCUT2D eigenvalue weighted by Gasteiger charge is 2.09. The molecule has 2 N–H and O–H groups in total. The highest BCUT2D eigenvalue weighted by atomic mass is 15.3. The largest absolute Gasteiger partial charge is 0.328 e. The summed E-state index contributed by atoms with van der Waals surface area (Å²) in [6.07, 6.45) is 0.922. The average molecular weight is 167 g/mol. The minimum Gasteiger partial charge on any atom is -0.328 e. The smallest absolute Gasteiger partial charge is 0.0628 e. The number of nitrogens with two attached hydrogens (primary N) is 1. The van der Waals surface area contributed by atoms with Gasteiger partial charge in [0.15, 0.2) is 0 Å². The van der Waals surface area contributed by atoms with Gasteiger partial charge in [0.25, 0.3) is 0 Å². The van der Waals surface area contributed by atoms with Crippen LogP contribution in [0.4, 0.5) is 0 Å². The molecule has 0 aliphatic carbocycles. The van der Waals surface area contributed by atoms with Crippen LogP contribution in [0.2, 0.25) is 0 Å². The van der Waals surface area contributed by atoms with Crippen LogP contribution < -0.4 is 5.73 Å². The molecule has 12 heavy (non-hydrogen) atoms. The van der Waals surface area contributed by atoms with Gasteiger partial charge < -0.3 is 5.73 Å². The van der Waals surface area contributed by atoms with Crippen LogP contribution in [0.1, 0.15) is 23.9 Å². The quantitative estimate of drug-likeness (QED) is 0.712. The van der Waals surface area contributed by atoms with E-state index in [9.17, 15) is 0 Å². The molecule has 0 saturated heterocycles. The summed E-state index contributed by atoms with van der Waals surface area (Å²) in [6, 6.07) is 0.214. The zero-order chi connectivity index (χ0) is 9.30.